The van der Waals surface area contributed by atoms with Crippen molar-refractivity contribution in [1.82, 2.24) is 19.6 Å². The molecule has 1 aromatic carbocycles. The number of hydrogen-bond donors (Lipinski definition) is 0. The molecule has 0 saturated heterocycles. The number of aromatic nitrogens is 4. The third kappa shape index (κ3) is 1.96. The fraction of sp³-hybridized carbons (Fsp3) is 0.308. The summed E-state index contributed by atoms with van der Waals surface area (Å²) in [7, 11) is 3.21. The lowest BCUT2D eigenvalue weighted by Gasteiger charge is -2.09. The summed E-state index contributed by atoms with van der Waals surface area (Å²) in [6, 6.07) is 5.73. The summed E-state index contributed by atoms with van der Waals surface area (Å²) >= 11 is 2.31. The lowest BCUT2D eigenvalue weighted by atomic mass is 10.2. The van der Waals surface area contributed by atoms with Gasteiger partial charge in [0.2, 0.25) is 5.65 Å². The van der Waals surface area contributed by atoms with Crippen molar-refractivity contribution >= 4 is 39.3 Å². The highest BCUT2D eigenvalue weighted by molar-refractivity contribution is 14.1. The average molecular weight is 384 g/mol. The van der Waals surface area contributed by atoms with Crippen LogP contribution in [0.5, 0.6) is 11.6 Å². The van der Waals surface area contributed by atoms with E-state index in [4.69, 9.17) is 9.47 Å². The van der Waals surface area contributed by atoms with Gasteiger partial charge in [-0.3, -0.25) is 4.40 Å². The SMILES string of the molecule is COc1ccc2c(c1)nc(OC)c1nnc(C(C)I)n12. The van der Waals surface area contributed by atoms with Crippen LogP contribution in [0.1, 0.15) is 16.7 Å². The molecule has 0 saturated carbocycles. The summed E-state index contributed by atoms with van der Waals surface area (Å²) < 4.78 is 12.8. The van der Waals surface area contributed by atoms with Crippen molar-refractivity contribution in [2.24, 2.45) is 0 Å². The highest BCUT2D eigenvalue weighted by Crippen LogP contribution is 2.29. The van der Waals surface area contributed by atoms with Gasteiger partial charge in [-0.05, 0) is 19.1 Å². The number of nitrogens with zero attached hydrogens (tertiary/aromatic N) is 4. The van der Waals surface area contributed by atoms with E-state index in [0.717, 1.165) is 22.6 Å². The number of halogens is 1. The fourth-order valence-electron chi connectivity index (χ4n) is 2.14. The Morgan fingerprint density at radius 2 is 2.00 bits per heavy atom. The van der Waals surface area contributed by atoms with Gasteiger partial charge in [0.05, 0.1) is 29.2 Å². The van der Waals surface area contributed by atoms with Crippen LogP contribution in [0.25, 0.3) is 16.7 Å². The number of rotatable bonds is 3. The second-order valence-corrected chi connectivity index (χ2v) is 6.18. The average Bonchev–Trinajstić information content (AvgIpc) is 2.90. The topological polar surface area (TPSA) is 61.5 Å². The highest BCUT2D eigenvalue weighted by atomic mass is 127. The Morgan fingerprint density at radius 1 is 1.20 bits per heavy atom. The van der Waals surface area contributed by atoms with Gasteiger partial charge in [-0.25, -0.2) is 4.98 Å². The molecule has 20 heavy (non-hydrogen) atoms. The van der Waals surface area contributed by atoms with Crippen molar-refractivity contribution in [3.05, 3.63) is 24.0 Å². The minimum atomic E-state index is 0.222. The molecule has 0 fully saturated rings. The molecule has 0 bridgehead atoms. The summed E-state index contributed by atoms with van der Waals surface area (Å²) in [6.07, 6.45) is 0. The third-order valence-corrected chi connectivity index (χ3v) is 3.63. The molecule has 1 atom stereocenters. The first kappa shape index (κ1) is 13.3. The third-order valence-electron chi connectivity index (χ3n) is 3.07. The van der Waals surface area contributed by atoms with Crippen LogP contribution >= 0.6 is 22.6 Å². The summed E-state index contributed by atoms with van der Waals surface area (Å²) in [6.45, 7) is 2.07. The number of benzene rings is 1. The van der Waals surface area contributed by atoms with Gasteiger partial charge in [0.15, 0.2) is 5.82 Å². The number of ether oxygens (including phenoxy) is 2. The van der Waals surface area contributed by atoms with E-state index in [0.29, 0.717) is 11.5 Å². The van der Waals surface area contributed by atoms with Crippen molar-refractivity contribution in [1.29, 1.82) is 0 Å². The van der Waals surface area contributed by atoms with Gasteiger partial charge in [-0.2, -0.15) is 0 Å². The minimum Gasteiger partial charge on any atom is -0.497 e. The number of alkyl halides is 1. The molecule has 0 N–H and O–H groups in total. The van der Waals surface area contributed by atoms with Crippen LogP contribution in [0.3, 0.4) is 0 Å². The van der Waals surface area contributed by atoms with Gasteiger partial charge in [0.25, 0.3) is 5.88 Å². The second kappa shape index (κ2) is 5.04. The van der Waals surface area contributed by atoms with Gasteiger partial charge >= 0.3 is 0 Å². The van der Waals surface area contributed by atoms with Gasteiger partial charge in [0, 0.05) is 6.07 Å². The first-order valence-electron chi connectivity index (χ1n) is 6.06. The van der Waals surface area contributed by atoms with Gasteiger partial charge in [0.1, 0.15) is 5.75 Å². The number of methoxy groups -OCH3 is 2. The lowest BCUT2D eigenvalue weighted by Crippen LogP contribution is -2.01. The molecular weight excluding hydrogens is 371 g/mol. The van der Waals surface area contributed by atoms with Crippen molar-refractivity contribution in [2.45, 2.75) is 10.8 Å². The van der Waals surface area contributed by atoms with Crippen LogP contribution < -0.4 is 9.47 Å². The highest BCUT2D eigenvalue weighted by Gasteiger charge is 2.18. The van der Waals surface area contributed by atoms with Crippen LogP contribution in [0, 0.1) is 0 Å². The monoisotopic (exact) mass is 384 g/mol. The van der Waals surface area contributed by atoms with E-state index in [1.807, 2.05) is 22.6 Å². The van der Waals surface area contributed by atoms with Gasteiger partial charge in [-0.1, -0.05) is 22.6 Å². The molecular formula is C13H13IN4O2. The first-order valence-corrected chi connectivity index (χ1v) is 7.31. The zero-order chi connectivity index (χ0) is 14.3. The number of fused-ring (bicyclic) bond motifs is 3. The van der Waals surface area contributed by atoms with Crippen molar-refractivity contribution in [3.8, 4) is 11.6 Å². The van der Waals surface area contributed by atoms with E-state index < -0.39 is 0 Å². The quantitative estimate of drug-likeness (QED) is 0.514. The maximum Gasteiger partial charge on any atom is 0.260 e. The van der Waals surface area contributed by atoms with Crippen LogP contribution in [0.15, 0.2) is 18.2 Å². The molecule has 0 aliphatic rings. The molecule has 0 spiro atoms. The predicted octanol–water partition coefficient (Wildman–Crippen LogP) is 2.79. The number of hydrogen-bond acceptors (Lipinski definition) is 5. The lowest BCUT2D eigenvalue weighted by molar-refractivity contribution is 0.401. The Morgan fingerprint density at radius 3 is 2.65 bits per heavy atom. The molecule has 0 aliphatic carbocycles. The fourth-order valence-corrected chi connectivity index (χ4v) is 2.54. The maximum absolute atomic E-state index is 5.32. The maximum atomic E-state index is 5.32. The van der Waals surface area contributed by atoms with Crippen molar-refractivity contribution in [3.63, 3.8) is 0 Å². The molecule has 2 heterocycles. The normalized spacial score (nSPS) is 12.8. The Hall–Kier alpha value is -1.64. The summed E-state index contributed by atoms with van der Waals surface area (Å²) in [5, 5.41) is 8.44. The van der Waals surface area contributed by atoms with Crippen LogP contribution in [-0.4, -0.2) is 33.8 Å². The van der Waals surface area contributed by atoms with Crippen molar-refractivity contribution in [2.75, 3.05) is 14.2 Å². The summed E-state index contributed by atoms with van der Waals surface area (Å²) in [4.78, 5) is 4.48. The molecule has 0 radical (unpaired) electrons. The van der Waals surface area contributed by atoms with E-state index in [1.54, 1.807) is 14.2 Å². The predicted molar refractivity (Wildman–Crippen MR) is 83.8 cm³/mol. The Kier molecular flexibility index (Phi) is 3.36. The van der Waals surface area contributed by atoms with Crippen LogP contribution in [0.2, 0.25) is 0 Å². The van der Waals surface area contributed by atoms with Gasteiger partial charge in [-0.15, -0.1) is 10.2 Å². The first-order chi connectivity index (χ1) is 9.65. The zero-order valence-corrected chi connectivity index (χ0v) is 13.5. The van der Waals surface area contributed by atoms with Crippen LogP contribution in [0.4, 0.5) is 0 Å². The Balaban J connectivity index is 2.45. The van der Waals surface area contributed by atoms with Gasteiger partial charge < -0.3 is 9.47 Å². The molecule has 0 aliphatic heterocycles. The van der Waals surface area contributed by atoms with E-state index in [1.165, 1.54) is 0 Å². The standard InChI is InChI=1S/C13H13IN4O2/c1-7(14)11-16-17-12-13(20-3)15-9-6-8(19-2)4-5-10(9)18(11)12/h4-7H,1-3H3. The Labute approximate surface area is 129 Å². The largest absolute Gasteiger partial charge is 0.497 e. The molecule has 0 amide bonds. The van der Waals surface area contributed by atoms with E-state index >= 15 is 0 Å². The molecule has 3 rings (SSSR count). The smallest absolute Gasteiger partial charge is 0.260 e. The molecule has 6 nitrogen and oxygen atoms in total. The molecule has 3 aromatic rings. The summed E-state index contributed by atoms with van der Waals surface area (Å²) in [5.74, 6) is 2.08. The minimum absolute atomic E-state index is 0.222. The van der Waals surface area contributed by atoms with Crippen LogP contribution in [-0.2, 0) is 0 Å². The second-order valence-electron chi connectivity index (χ2n) is 4.31. The van der Waals surface area contributed by atoms with E-state index in [2.05, 4.69) is 44.7 Å². The molecule has 7 heteroatoms. The molecule has 104 valence electrons. The Bertz CT molecular complexity index is 785. The summed E-state index contributed by atoms with van der Waals surface area (Å²) in [5.41, 5.74) is 2.35. The zero-order valence-electron chi connectivity index (χ0n) is 11.3. The molecule has 1 unspecified atom stereocenters. The van der Waals surface area contributed by atoms with E-state index in [9.17, 15) is 0 Å². The van der Waals surface area contributed by atoms with Crippen molar-refractivity contribution < 1.29 is 9.47 Å². The van der Waals surface area contributed by atoms with E-state index in [-0.39, 0.29) is 3.92 Å². The molecule has 2 aromatic heterocycles.